The zero-order chi connectivity index (χ0) is 15.1. The summed E-state index contributed by atoms with van der Waals surface area (Å²) in [5.41, 5.74) is 1.97. The van der Waals surface area contributed by atoms with E-state index in [2.05, 4.69) is 51.9 Å². The van der Waals surface area contributed by atoms with Crippen LogP contribution in [0, 0.1) is 0 Å². The van der Waals surface area contributed by atoms with Crippen LogP contribution in [-0.2, 0) is 0 Å². The smallest absolute Gasteiger partial charge is 0.165 e. The Morgan fingerprint density at radius 2 is 2.18 bits per heavy atom. The second-order valence-electron chi connectivity index (χ2n) is 6.18. The largest absolute Gasteiger partial charge is 0.300 e. The third kappa shape index (κ3) is 2.25. The van der Waals surface area contributed by atoms with Crippen LogP contribution in [0.1, 0.15) is 32.0 Å². The van der Waals surface area contributed by atoms with Crippen molar-refractivity contribution in [1.29, 1.82) is 0 Å². The number of thiophene rings is 1. The molecule has 1 fully saturated rings. The van der Waals surface area contributed by atoms with E-state index in [-0.39, 0.29) is 0 Å². The van der Waals surface area contributed by atoms with E-state index in [0.717, 1.165) is 24.3 Å². The zero-order valence-electron chi connectivity index (χ0n) is 12.9. The van der Waals surface area contributed by atoms with E-state index >= 15 is 0 Å². The molecule has 3 aromatic heterocycles. The molecule has 3 aromatic rings. The maximum Gasteiger partial charge on any atom is 0.165 e. The maximum absolute atomic E-state index is 4.92. The number of likely N-dealkylation sites (tertiary alicyclic amines) is 1. The number of hydrogen-bond acceptors (Lipinski definition) is 4. The van der Waals surface area contributed by atoms with E-state index in [4.69, 9.17) is 4.98 Å². The molecule has 0 radical (unpaired) electrons. The van der Waals surface area contributed by atoms with Gasteiger partial charge in [0.05, 0.1) is 0 Å². The number of nitrogens with zero attached hydrogens (tertiary/aromatic N) is 4. The van der Waals surface area contributed by atoms with Crippen LogP contribution in [0.25, 0.3) is 16.2 Å². The Morgan fingerprint density at radius 3 is 2.91 bits per heavy atom. The molecule has 114 valence electrons. The molecule has 22 heavy (non-hydrogen) atoms. The molecule has 0 saturated carbocycles. The second kappa shape index (κ2) is 5.48. The molecule has 4 rings (SSSR count). The van der Waals surface area contributed by atoms with Crippen molar-refractivity contribution in [2.45, 2.75) is 32.2 Å². The van der Waals surface area contributed by atoms with Crippen LogP contribution in [-0.4, -0.2) is 38.6 Å². The van der Waals surface area contributed by atoms with Crippen LogP contribution in [0.2, 0.25) is 0 Å². The zero-order valence-corrected chi connectivity index (χ0v) is 13.8. The first-order valence-corrected chi connectivity index (χ1v) is 8.73. The molecule has 4 heterocycles. The van der Waals surface area contributed by atoms with Crippen molar-refractivity contribution in [1.82, 2.24) is 19.4 Å². The Kier molecular flexibility index (Phi) is 3.47. The number of pyridine rings is 1. The summed E-state index contributed by atoms with van der Waals surface area (Å²) in [6.07, 6.45) is 3.03. The monoisotopic (exact) mass is 312 g/mol. The van der Waals surface area contributed by atoms with Gasteiger partial charge in [0.2, 0.25) is 0 Å². The van der Waals surface area contributed by atoms with Gasteiger partial charge < -0.3 is 4.90 Å². The van der Waals surface area contributed by atoms with Gasteiger partial charge in [-0.2, -0.15) is 0 Å². The Bertz CT molecular complexity index is 775. The maximum atomic E-state index is 4.92. The lowest BCUT2D eigenvalue weighted by atomic mass is 10.1. The highest BCUT2D eigenvalue weighted by atomic mass is 32.1. The van der Waals surface area contributed by atoms with Gasteiger partial charge in [0, 0.05) is 24.7 Å². The Balaban J connectivity index is 1.82. The molecule has 0 spiro atoms. The molecule has 1 atom stereocenters. The van der Waals surface area contributed by atoms with E-state index in [0.29, 0.717) is 12.0 Å². The fraction of sp³-hybridized carbons (Fsp3) is 0.412. The molecule has 1 unspecified atom stereocenters. The molecule has 0 aliphatic carbocycles. The first kappa shape index (κ1) is 13.9. The third-order valence-corrected chi connectivity index (χ3v) is 5.34. The van der Waals surface area contributed by atoms with Crippen LogP contribution in [0.3, 0.4) is 0 Å². The highest BCUT2D eigenvalue weighted by Gasteiger charge is 2.30. The number of aromatic nitrogens is 3. The standard InChI is InChI=1S/C17H20N4S/c1-12(2)20-9-7-13(11-20)16-19-14-5-3-8-18-17(14)21(16)15-6-4-10-22-15/h3-6,8,10,12-13H,7,9,11H2,1-2H3. The van der Waals surface area contributed by atoms with Gasteiger partial charge in [-0.25, -0.2) is 9.97 Å². The number of imidazole rings is 1. The van der Waals surface area contributed by atoms with Gasteiger partial charge in [-0.3, -0.25) is 4.57 Å². The first-order chi connectivity index (χ1) is 10.7. The number of hydrogen-bond donors (Lipinski definition) is 0. The van der Waals surface area contributed by atoms with E-state index < -0.39 is 0 Å². The molecular formula is C17H20N4S. The topological polar surface area (TPSA) is 34.0 Å². The van der Waals surface area contributed by atoms with Crippen molar-refractivity contribution in [2.75, 3.05) is 13.1 Å². The van der Waals surface area contributed by atoms with E-state index in [1.165, 1.54) is 17.2 Å². The summed E-state index contributed by atoms with van der Waals surface area (Å²) in [6, 6.07) is 8.87. The van der Waals surface area contributed by atoms with Gasteiger partial charge in [-0.05, 0) is 56.5 Å². The normalized spacial score (nSPS) is 19.5. The predicted octanol–water partition coefficient (Wildman–Crippen LogP) is 3.68. The molecule has 0 N–H and O–H groups in total. The second-order valence-corrected chi connectivity index (χ2v) is 7.10. The SMILES string of the molecule is CC(C)N1CCC(c2nc3cccnc3n2-c2cccs2)C1. The Morgan fingerprint density at radius 1 is 1.27 bits per heavy atom. The van der Waals surface area contributed by atoms with Crippen LogP contribution in [0.4, 0.5) is 0 Å². The first-order valence-electron chi connectivity index (χ1n) is 7.85. The molecule has 4 nitrogen and oxygen atoms in total. The highest BCUT2D eigenvalue weighted by molar-refractivity contribution is 7.12. The van der Waals surface area contributed by atoms with Crippen molar-refractivity contribution >= 4 is 22.5 Å². The Hall–Kier alpha value is -1.72. The number of rotatable bonds is 3. The van der Waals surface area contributed by atoms with Crippen LogP contribution in [0.5, 0.6) is 0 Å². The van der Waals surface area contributed by atoms with Gasteiger partial charge in [0.15, 0.2) is 5.65 Å². The lowest BCUT2D eigenvalue weighted by Gasteiger charge is -2.20. The molecule has 5 heteroatoms. The molecule has 1 saturated heterocycles. The Labute approximate surface area is 134 Å². The molecule has 0 aromatic carbocycles. The highest BCUT2D eigenvalue weighted by Crippen LogP contribution is 2.33. The minimum absolute atomic E-state index is 0.485. The lowest BCUT2D eigenvalue weighted by molar-refractivity contribution is 0.271. The van der Waals surface area contributed by atoms with E-state index in [9.17, 15) is 0 Å². The van der Waals surface area contributed by atoms with Gasteiger partial charge in [0.25, 0.3) is 0 Å². The molecule has 1 aliphatic heterocycles. The molecule has 0 bridgehead atoms. The molecular weight excluding hydrogens is 292 g/mol. The van der Waals surface area contributed by atoms with Gasteiger partial charge >= 0.3 is 0 Å². The quantitative estimate of drug-likeness (QED) is 0.740. The summed E-state index contributed by atoms with van der Waals surface area (Å²) >= 11 is 1.74. The summed E-state index contributed by atoms with van der Waals surface area (Å²) < 4.78 is 2.26. The average molecular weight is 312 g/mol. The third-order valence-electron chi connectivity index (χ3n) is 4.48. The molecule has 0 amide bonds. The fourth-order valence-corrected chi connectivity index (χ4v) is 4.02. The van der Waals surface area contributed by atoms with Crippen molar-refractivity contribution in [3.8, 4) is 5.00 Å². The van der Waals surface area contributed by atoms with E-state index in [1.54, 1.807) is 11.3 Å². The summed E-state index contributed by atoms with van der Waals surface area (Å²) in [5.74, 6) is 1.65. The molecule has 1 aliphatic rings. The summed E-state index contributed by atoms with van der Waals surface area (Å²) in [5, 5.41) is 3.32. The van der Waals surface area contributed by atoms with Crippen molar-refractivity contribution in [2.24, 2.45) is 0 Å². The summed E-state index contributed by atoms with van der Waals surface area (Å²) in [7, 11) is 0. The van der Waals surface area contributed by atoms with Crippen LogP contribution < -0.4 is 0 Å². The average Bonchev–Trinajstić information content (AvgIpc) is 3.24. The van der Waals surface area contributed by atoms with E-state index in [1.807, 2.05) is 12.3 Å². The van der Waals surface area contributed by atoms with Crippen molar-refractivity contribution < 1.29 is 0 Å². The van der Waals surface area contributed by atoms with Gasteiger partial charge in [-0.15, -0.1) is 11.3 Å². The summed E-state index contributed by atoms with van der Waals surface area (Å²) in [4.78, 5) is 12.0. The predicted molar refractivity (Wildman–Crippen MR) is 90.8 cm³/mol. The van der Waals surface area contributed by atoms with Crippen molar-refractivity contribution in [3.63, 3.8) is 0 Å². The fourth-order valence-electron chi connectivity index (χ4n) is 3.29. The van der Waals surface area contributed by atoms with Gasteiger partial charge in [0.1, 0.15) is 16.3 Å². The van der Waals surface area contributed by atoms with Crippen LogP contribution in [0.15, 0.2) is 35.8 Å². The van der Waals surface area contributed by atoms with Gasteiger partial charge in [-0.1, -0.05) is 0 Å². The minimum atomic E-state index is 0.485. The summed E-state index contributed by atoms with van der Waals surface area (Å²) in [6.45, 7) is 6.79. The minimum Gasteiger partial charge on any atom is -0.300 e. The number of fused-ring (bicyclic) bond motifs is 1. The van der Waals surface area contributed by atoms with Crippen LogP contribution >= 0.6 is 11.3 Å². The van der Waals surface area contributed by atoms with Crippen molar-refractivity contribution in [3.05, 3.63) is 41.7 Å². The lowest BCUT2D eigenvalue weighted by Crippen LogP contribution is -2.28.